The highest BCUT2D eigenvalue weighted by Gasteiger charge is 2.39. The van der Waals surface area contributed by atoms with E-state index in [9.17, 15) is 22.8 Å². The zero-order valence-electron chi connectivity index (χ0n) is 19.8. The summed E-state index contributed by atoms with van der Waals surface area (Å²) in [5.41, 5.74) is 1.48. The Morgan fingerprint density at radius 3 is 2.53 bits per heavy atom. The predicted molar refractivity (Wildman–Crippen MR) is 129 cm³/mol. The predicted octanol–water partition coefficient (Wildman–Crippen LogP) is 1.80. The Labute approximate surface area is 212 Å². The molecule has 0 radical (unpaired) electrons. The van der Waals surface area contributed by atoms with Crippen molar-refractivity contribution in [1.29, 1.82) is 0 Å². The van der Waals surface area contributed by atoms with Crippen molar-refractivity contribution < 1.29 is 27.5 Å². The minimum absolute atomic E-state index is 0.0333. The molecular formula is C23H24ClN5O6S. The van der Waals surface area contributed by atoms with Crippen molar-refractivity contribution in [2.24, 2.45) is 0 Å². The molecule has 4 rings (SSSR count). The van der Waals surface area contributed by atoms with Crippen LogP contribution in [-0.4, -0.2) is 63.7 Å². The van der Waals surface area contributed by atoms with Gasteiger partial charge in [0, 0.05) is 26.5 Å². The molecular weight excluding hydrogens is 510 g/mol. The molecule has 11 nitrogen and oxygen atoms in total. The van der Waals surface area contributed by atoms with Crippen molar-refractivity contribution in [2.45, 2.75) is 50.8 Å². The molecule has 2 atom stereocenters. The third-order valence-electron chi connectivity index (χ3n) is 5.79. The number of ether oxygens (including phenoxy) is 1. The van der Waals surface area contributed by atoms with E-state index in [-0.39, 0.29) is 46.5 Å². The molecule has 0 saturated carbocycles. The maximum Gasteiger partial charge on any atom is 0.302 e. The van der Waals surface area contributed by atoms with Gasteiger partial charge >= 0.3 is 5.97 Å². The van der Waals surface area contributed by atoms with E-state index in [1.54, 1.807) is 12.1 Å². The summed E-state index contributed by atoms with van der Waals surface area (Å²) >= 11 is 6.29. The van der Waals surface area contributed by atoms with Crippen LogP contribution in [0.3, 0.4) is 0 Å². The number of aromatic nitrogens is 3. The number of rotatable bonds is 6. The number of halogens is 1. The molecule has 1 N–H and O–H groups in total. The number of amides is 2. The van der Waals surface area contributed by atoms with E-state index in [0.717, 1.165) is 9.54 Å². The number of hydrogen-bond acceptors (Lipinski definition) is 8. The molecule has 1 aliphatic heterocycles. The lowest BCUT2D eigenvalue weighted by atomic mass is 10.2. The topological polar surface area (TPSA) is 141 Å². The van der Waals surface area contributed by atoms with E-state index < -0.39 is 34.0 Å². The summed E-state index contributed by atoms with van der Waals surface area (Å²) in [6.07, 6.45) is 2.20. The molecule has 1 saturated heterocycles. The van der Waals surface area contributed by atoms with Crippen LogP contribution in [0.4, 0.5) is 0 Å². The van der Waals surface area contributed by atoms with Gasteiger partial charge in [-0.3, -0.25) is 14.4 Å². The van der Waals surface area contributed by atoms with E-state index in [1.165, 1.54) is 43.3 Å². The standard InChI is InChI=1S/C23H24ClN5O6S/c1-13-4-6-18(7-5-13)36(33,34)29-12-19(24)21-22(29)25-9-16(27-21)10-26-23(32)20-8-17(35-15(3)31)11-28(20)14(2)30/h4-7,9,12,17,20H,8,10-11H2,1-3H3,(H,26,32). The maximum absolute atomic E-state index is 13.1. The first-order chi connectivity index (χ1) is 17.0. The second kappa shape index (κ2) is 9.86. The molecule has 2 unspecified atom stereocenters. The average Bonchev–Trinajstić information content (AvgIpc) is 3.39. The molecule has 0 aliphatic carbocycles. The summed E-state index contributed by atoms with van der Waals surface area (Å²) in [7, 11) is -3.95. The molecule has 2 amide bonds. The molecule has 1 fully saturated rings. The second-order valence-electron chi connectivity index (χ2n) is 8.50. The molecule has 3 heterocycles. The minimum atomic E-state index is -3.95. The van der Waals surface area contributed by atoms with Gasteiger partial charge in [0.15, 0.2) is 5.65 Å². The fourth-order valence-electron chi connectivity index (χ4n) is 4.07. The van der Waals surface area contributed by atoms with Gasteiger partial charge in [-0.1, -0.05) is 29.3 Å². The van der Waals surface area contributed by atoms with Gasteiger partial charge in [0.2, 0.25) is 11.8 Å². The zero-order valence-corrected chi connectivity index (χ0v) is 21.3. The lowest BCUT2D eigenvalue weighted by Gasteiger charge is -2.21. The second-order valence-corrected chi connectivity index (χ2v) is 10.7. The number of nitrogens with one attached hydrogen (secondary N) is 1. The van der Waals surface area contributed by atoms with Gasteiger partial charge in [-0.2, -0.15) is 0 Å². The van der Waals surface area contributed by atoms with Crippen LogP contribution in [0.25, 0.3) is 11.2 Å². The Bertz CT molecular complexity index is 1450. The van der Waals surface area contributed by atoms with Crippen molar-refractivity contribution in [1.82, 2.24) is 24.2 Å². The first-order valence-electron chi connectivity index (χ1n) is 11.0. The van der Waals surface area contributed by atoms with E-state index in [1.807, 2.05) is 6.92 Å². The van der Waals surface area contributed by atoms with Crippen LogP contribution in [0.2, 0.25) is 5.02 Å². The molecule has 2 aromatic heterocycles. The van der Waals surface area contributed by atoms with Crippen LogP contribution in [0, 0.1) is 6.92 Å². The number of benzene rings is 1. The van der Waals surface area contributed by atoms with Gasteiger partial charge < -0.3 is 15.0 Å². The molecule has 13 heteroatoms. The Morgan fingerprint density at radius 1 is 1.19 bits per heavy atom. The SMILES string of the molecule is CC(=O)OC1CC(C(=O)NCc2cnc3c(n2)c(Cl)cn3S(=O)(=O)c2ccc(C)cc2)N(C(C)=O)C1. The number of carbonyl (C=O) groups is 3. The lowest BCUT2D eigenvalue weighted by Crippen LogP contribution is -2.45. The van der Waals surface area contributed by atoms with E-state index >= 15 is 0 Å². The molecule has 190 valence electrons. The van der Waals surface area contributed by atoms with Crippen LogP contribution in [-0.2, 0) is 35.7 Å². The molecule has 1 aromatic carbocycles. The van der Waals surface area contributed by atoms with E-state index in [0.29, 0.717) is 5.69 Å². The van der Waals surface area contributed by atoms with Crippen molar-refractivity contribution in [2.75, 3.05) is 6.54 Å². The summed E-state index contributed by atoms with van der Waals surface area (Å²) in [4.78, 5) is 46.1. The third kappa shape index (κ3) is 5.05. The highest BCUT2D eigenvalue weighted by Crippen LogP contribution is 2.27. The highest BCUT2D eigenvalue weighted by molar-refractivity contribution is 7.90. The first kappa shape index (κ1) is 25.6. The van der Waals surface area contributed by atoms with Gasteiger partial charge in [0.1, 0.15) is 17.7 Å². The van der Waals surface area contributed by atoms with Crippen molar-refractivity contribution in [3.8, 4) is 0 Å². The summed E-state index contributed by atoms with van der Waals surface area (Å²) in [6.45, 7) is 4.57. The first-order valence-corrected chi connectivity index (χ1v) is 12.9. The van der Waals surface area contributed by atoms with Gasteiger partial charge in [0.25, 0.3) is 10.0 Å². The van der Waals surface area contributed by atoms with Crippen LogP contribution in [0.5, 0.6) is 0 Å². The maximum atomic E-state index is 13.1. The summed E-state index contributed by atoms with van der Waals surface area (Å²) in [5.74, 6) is -1.23. The largest absolute Gasteiger partial charge is 0.461 e. The third-order valence-corrected chi connectivity index (χ3v) is 7.73. The van der Waals surface area contributed by atoms with Gasteiger partial charge in [-0.05, 0) is 19.1 Å². The summed E-state index contributed by atoms with van der Waals surface area (Å²) in [5, 5.41) is 2.80. The molecule has 36 heavy (non-hydrogen) atoms. The zero-order chi connectivity index (χ0) is 26.2. The van der Waals surface area contributed by atoms with Gasteiger partial charge in [-0.15, -0.1) is 0 Å². The summed E-state index contributed by atoms with van der Waals surface area (Å²) in [6, 6.07) is 5.59. The number of esters is 1. The number of fused-ring (bicyclic) bond motifs is 1. The van der Waals surface area contributed by atoms with Crippen molar-refractivity contribution in [3.05, 3.63) is 52.9 Å². The Morgan fingerprint density at radius 2 is 1.89 bits per heavy atom. The van der Waals surface area contributed by atoms with Gasteiger partial charge in [-0.25, -0.2) is 22.4 Å². The quantitative estimate of drug-likeness (QED) is 0.473. The fraction of sp³-hybridized carbons (Fsp3) is 0.348. The number of aryl methyl sites for hydroxylation is 1. The smallest absolute Gasteiger partial charge is 0.302 e. The van der Waals surface area contributed by atoms with Crippen LogP contribution in [0.15, 0.2) is 41.6 Å². The Balaban J connectivity index is 1.52. The fourth-order valence-corrected chi connectivity index (χ4v) is 5.66. The van der Waals surface area contributed by atoms with Crippen LogP contribution in [0.1, 0.15) is 31.5 Å². The number of carbonyl (C=O) groups excluding carboxylic acids is 3. The number of hydrogen-bond donors (Lipinski definition) is 1. The normalized spacial score (nSPS) is 17.8. The van der Waals surface area contributed by atoms with Crippen LogP contribution >= 0.6 is 11.6 Å². The molecule has 0 spiro atoms. The monoisotopic (exact) mass is 533 g/mol. The minimum Gasteiger partial charge on any atom is -0.461 e. The molecule has 0 bridgehead atoms. The Hall–Kier alpha value is -3.51. The Kier molecular flexibility index (Phi) is 7.01. The van der Waals surface area contributed by atoms with E-state index in [2.05, 4.69) is 15.3 Å². The average molecular weight is 534 g/mol. The molecule has 3 aromatic rings. The van der Waals surface area contributed by atoms with Crippen LogP contribution < -0.4 is 5.32 Å². The number of likely N-dealkylation sites (tertiary alicyclic amines) is 1. The van der Waals surface area contributed by atoms with Crippen molar-refractivity contribution >= 4 is 50.6 Å². The van der Waals surface area contributed by atoms with E-state index in [4.69, 9.17) is 16.3 Å². The van der Waals surface area contributed by atoms with Gasteiger partial charge in [0.05, 0.1) is 34.9 Å². The number of nitrogens with zero attached hydrogens (tertiary/aromatic N) is 4. The lowest BCUT2D eigenvalue weighted by molar-refractivity contribution is -0.146. The highest BCUT2D eigenvalue weighted by atomic mass is 35.5. The molecule has 1 aliphatic rings. The van der Waals surface area contributed by atoms with Crippen molar-refractivity contribution in [3.63, 3.8) is 0 Å². The summed E-state index contributed by atoms with van der Waals surface area (Å²) < 4.78 is 32.4.